The zero-order chi connectivity index (χ0) is 18.6. The first kappa shape index (κ1) is 16.9. The minimum atomic E-state index is 0.275. The molecule has 0 saturated heterocycles. The number of anilines is 1. The van der Waals surface area contributed by atoms with Crippen molar-refractivity contribution >= 4 is 5.95 Å². The number of rotatable bonds is 5. The van der Waals surface area contributed by atoms with Crippen molar-refractivity contribution in [2.24, 2.45) is 7.05 Å². The highest BCUT2D eigenvalue weighted by Gasteiger charge is 2.09. The molecule has 27 heavy (non-hydrogen) atoms. The molecule has 0 aliphatic carbocycles. The van der Waals surface area contributed by atoms with Crippen molar-refractivity contribution < 1.29 is 5.11 Å². The van der Waals surface area contributed by atoms with Crippen LogP contribution in [-0.4, -0.2) is 14.7 Å². The maximum absolute atomic E-state index is 9.37. The molecule has 1 heterocycles. The molecule has 4 nitrogen and oxygen atoms in total. The number of nitrogens with zero attached hydrogens (tertiary/aromatic N) is 2. The lowest BCUT2D eigenvalue weighted by molar-refractivity contribution is 0.475. The van der Waals surface area contributed by atoms with Crippen molar-refractivity contribution in [3.63, 3.8) is 0 Å². The molecule has 0 unspecified atom stereocenters. The maximum Gasteiger partial charge on any atom is 0.203 e. The summed E-state index contributed by atoms with van der Waals surface area (Å²) < 4.78 is 2.05. The number of phenolic OH excluding ortho intramolecular Hbond substituents is 1. The van der Waals surface area contributed by atoms with Crippen molar-refractivity contribution in [3.8, 4) is 28.1 Å². The fourth-order valence-electron chi connectivity index (χ4n) is 3.10. The topological polar surface area (TPSA) is 50.1 Å². The van der Waals surface area contributed by atoms with Crippen molar-refractivity contribution in [3.05, 3.63) is 90.6 Å². The highest BCUT2D eigenvalue weighted by molar-refractivity contribution is 5.69. The van der Waals surface area contributed by atoms with E-state index in [1.54, 1.807) is 12.1 Å². The molecule has 0 amide bonds. The van der Waals surface area contributed by atoms with Gasteiger partial charge < -0.3 is 15.0 Å². The Kier molecular flexibility index (Phi) is 4.62. The van der Waals surface area contributed by atoms with Crippen LogP contribution >= 0.6 is 0 Å². The third-order valence-electron chi connectivity index (χ3n) is 4.66. The van der Waals surface area contributed by atoms with Crippen LogP contribution in [0.15, 0.2) is 85.1 Å². The minimum absolute atomic E-state index is 0.275. The third-order valence-corrected chi connectivity index (χ3v) is 4.66. The summed E-state index contributed by atoms with van der Waals surface area (Å²) in [7, 11) is 2.01. The fraction of sp³-hybridized carbons (Fsp3) is 0.0870. The van der Waals surface area contributed by atoms with E-state index in [4.69, 9.17) is 0 Å². The highest BCUT2D eigenvalue weighted by Crippen LogP contribution is 2.26. The molecular formula is C23H21N3O. The summed E-state index contributed by atoms with van der Waals surface area (Å²) in [5.41, 5.74) is 5.69. The van der Waals surface area contributed by atoms with Crippen LogP contribution < -0.4 is 5.32 Å². The highest BCUT2D eigenvalue weighted by atomic mass is 16.3. The van der Waals surface area contributed by atoms with Crippen LogP contribution in [0.3, 0.4) is 0 Å². The van der Waals surface area contributed by atoms with Gasteiger partial charge in [0.15, 0.2) is 0 Å². The lowest BCUT2D eigenvalue weighted by Crippen LogP contribution is -2.05. The largest absolute Gasteiger partial charge is 0.508 e. The van der Waals surface area contributed by atoms with Crippen molar-refractivity contribution in [2.45, 2.75) is 6.54 Å². The summed E-state index contributed by atoms with van der Waals surface area (Å²) in [5, 5.41) is 12.7. The van der Waals surface area contributed by atoms with Gasteiger partial charge in [0.2, 0.25) is 5.95 Å². The first-order chi connectivity index (χ1) is 13.2. The zero-order valence-electron chi connectivity index (χ0n) is 15.1. The molecule has 0 atom stereocenters. The van der Waals surface area contributed by atoms with Gasteiger partial charge in [-0.05, 0) is 34.4 Å². The third kappa shape index (κ3) is 3.70. The average molecular weight is 355 g/mol. The van der Waals surface area contributed by atoms with Crippen LogP contribution in [0.2, 0.25) is 0 Å². The summed E-state index contributed by atoms with van der Waals surface area (Å²) in [6.07, 6.45) is 1.89. The maximum atomic E-state index is 9.37. The number of aromatic nitrogens is 2. The van der Waals surface area contributed by atoms with Crippen LogP contribution in [0.4, 0.5) is 5.95 Å². The lowest BCUT2D eigenvalue weighted by atomic mass is 10.0. The molecule has 0 bridgehead atoms. The summed E-state index contributed by atoms with van der Waals surface area (Å²) in [6.45, 7) is 0.650. The molecule has 0 spiro atoms. The molecule has 0 fully saturated rings. The Balaban J connectivity index is 1.50. The number of phenols is 1. The molecule has 0 aliphatic rings. The monoisotopic (exact) mass is 355 g/mol. The second-order valence-corrected chi connectivity index (χ2v) is 6.49. The van der Waals surface area contributed by atoms with Gasteiger partial charge in [0.25, 0.3) is 0 Å². The lowest BCUT2D eigenvalue weighted by Gasteiger charge is -2.09. The molecule has 4 rings (SSSR count). The molecule has 0 saturated carbocycles. The van der Waals surface area contributed by atoms with E-state index in [1.165, 1.54) is 11.1 Å². The summed E-state index contributed by atoms with van der Waals surface area (Å²) in [5.74, 6) is 1.09. The Bertz CT molecular complexity index is 1020. The standard InChI is InChI=1S/C23H21N3O/c1-26-22(16-25-23(26)24-15-17-7-13-21(27)14-8-17)20-11-9-19(10-12-20)18-5-3-2-4-6-18/h2-14,16,27H,15H2,1H3,(H,24,25). The van der Waals surface area contributed by atoms with Crippen LogP contribution in [0.25, 0.3) is 22.4 Å². The molecule has 3 aromatic carbocycles. The minimum Gasteiger partial charge on any atom is -0.508 e. The van der Waals surface area contributed by atoms with Crippen LogP contribution in [-0.2, 0) is 13.6 Å². The van der Waals surface area contributed by atoms with Gasteiger partial charge in [-0.25, -0.2) is 4.98 Å². The summed E-state index contributed by atoms with van der Waals surface area (Å²) in [4.78, 5) is 4.51. The van der Waals surface area contributed by atoms with Crippen LogP contribution in [0, 0.1) is 0 Å². The van der Waals surface area contributed by atoms with Crippen LogP contribution in [0.5, 0.6) is 5.75 Å². The van der Waals surface area contributed by atoms with E-state index in [0.717, 1.165) is 22.8 Å². The first-order valence-corrected chi connectivity index (χ1v) is 8.90. The smallest absolute Gasteiger partial charge is 0.203 e. The quantitative estimate of drug-likeness (QED) is 0.525. The normalized spacial score (nSPS) is 10.7. The predicted molar refractivity (Wildman–Crippen MR) is 110 cm³/mol. The van der Waals surface area contributed by atoms with Crippen molar-refractivity contribution in [2.75, 3.05) is 5.32 Å². The summed E-state index contributed by atoms with van der Waals surface area (Å²) in [6, 6.07) is 26.1. The molecule has 4 heteroatoms. The Labute approximate surface area is 158 Å². The van der Waals surface area contributed by atoms with Crippen LogP contribution in [0.1, 0.15) is 5.56 Å². The SMILES string of the molecule is Cn1c(-c2ccc(-c3ccccc3)cc2)cnc1NCc1ccc(O)cc1. The van der Waals surface area contributed by atoms with E-state index in [-0.39, 0.29) is 5.75 Å². The van der Waals surface area contributed by atoms with Gasteiger partial charge in [0.05, 0.1) is 11.9 Å². The molecular weight excluding hydrogens is 334 g/mol. The van der Waals surface area contributed by atoms with Gasteiger partial charge >= 0.3 is 0 Å². The first-order valence-electron chi connectivity index (χ1n) is 8.90. The Morgan fingerprint density at radius 3 is 2.15 bits per heavy atom. The summed E-state index contributed by atoms with van der Waals surface area (Å²) >= 11 is 0. The molecule has 0 aliphatic heterocycles. The van der Waals surface area contributed by atoms with Gasteiger partial charge in [-0.1, -0.05) is 66.7 Å². The Hall–Kier alpha value is -3.53. The van der Waals surface area contributed by atoms with E-state index in [9.17, 15) is 5.11 Å². The van der Waals surface area contributed by atoms with Gasteiger partial charge in [-0.15, -0.1) is 0 Å². The Morgan fingerprint density at radius 1 is 0.815 bits per heavy atom. The number of hydrogen-bond acceptors (Lipinski definition) is 3. The number of benzene rings is 3. The van der Waals surface area contributed by atoms with Crippen molar-refractivity contribution in [1.29, 1.82) is 0 Å². The second-order valence-electron chi connectivity index (χ2n) is 6.49. The average Bonchev–Trinajstić information content (AvgIpc) is 3.09. The fourth-order valence-corrected chi connectivity index (χ4v) is 3.10. The molecule has 134 valence electrons. The second kappa shape index (κ2) is 7.38. The Morgan fingerprint density at radius 2 is 1.44 bits per heavy atom. The van der Waals surface area contributed by atoms with Gasteiger partial charge in [-0.2, -0.15) is 0 Å². The zero-order valence-corrected chi connectivity index (χ0v) is 15.1. The number of nitrogens with one attached hydrogen (secondary N) is 1. The number of imidazole rings is 1. The van der Waals surface area contributed by atoms with E-state index in [2.05, 4.69) is 63.4 Å². The molecule has 1 aromatic heterocycles. The van der Waals surface area contributed by atoms with E-state index >= 15 is 0 Å². The van der Waals surface area contributed by atoms with Gasteiger partial charge in [0.1, 0.15) is 5.75 Å². The number of aromatic hydroxyl groups is 1. The van der Waals surface area contributed by atoms with Gasteiger partial charge in [-0.3, -0.25) is 0 Å². The van der Waals surface area contributed by atoms with E-state index in [0.29, 0.717) is 6.54 Å². The molecule has 0 radical (unpaired) electrons. The predicted octanol–water partition coefficient (Wildman–Crippen LogP) is 5.07. The van der Waals surface area contributed by atoms with Crippen molar-refractivity contribution in [1.82, 2.24) is 9.55 Å². The van der Waals surface area contributed by atoms with E-state index in [1.807, 2.05) is 31.4 Å². The molecule has 2 N–H and O–H groups in total. The van der Waals surface area contributed by atoms with E-state index < -0.39 is 0 Å². The molecule has 4 aromatic rings. The van der Waals surface area contributed by atoms with Gasteiger partial charge in [0, 0.05) is 13.6 Å². The number of hydrogen-bond donors (Lipinski definition) is 2.